The van der Waals surface area contributed by atoms with E-state index in [1.165, 1.54) is 32.8 Å². The lowest BCUT2D eigenvalue weighted by molar-refractivity contribution is -0.708. The van der Waals surface area contributed by atoms with Gasteiger partial charge in [-0.1, -0.05) is 45.6 Å². The highest BCUT2D eigenvalue weighted by atomic mass is 31.2. The summed E-state index contributed by atoms with van der Waals surface area (Å²) in [6.07, 6.45) is 7.32. The number of rotatable bonds is 17. The van der Waals surface area contributed by atoms with Gasteiger partial charge in [0.15, 0.2) is 0 Å². The van der Waals surface area contributed by atoms with E-state index in [2.05, 4.69) is 48.3 Å². The Kier molecular flexibility index (Phi) is 21.9. The first-order valence-corrected chi connectivity index (χ1v) is 9.45. The van der Waals surface area contributed by atoms with Gasteiger partial charge in [0, 0.05) is 6.42 Å². The summed E-state index contributed by atoms with van der Waals surface area (Å²) in [5.41, 5.74) is 0. The summed E-state index contributed by atoms with van der Waals surface area (Å²) in [4.78, 5) is 39.6. The fourth-order valence-electron chi connectivity index (χ4n) is 1.34. The van der Waals surface area contributed by atoms with Crippen molar-refractivity contribution < 1.29 is 58.9 Å². The predicted molar refractivity (Wildman–Crippen MR) is 85.7 cm³/mol. The van der Waals surface area contributed by atoms with E-state index in [1.54, 1.807) is 0 Å². The fourth-order valence-corrected chi connectivity index (χ4v) is 1.34. The van der Waals surface area contributed by atoms with Crippen LogP contribution in [0.3, 0.4) is 0 Å². The molecule has 0 heterocycles. The van der Waals surface area contributed by atoms with Crippen molar-refractivity contribution in [2.24, 2.45) is 0 Å². The molecule has 0 amide bonds. The van der Waals surface area contributed by atoms with Crippen molar-refractivity contribution in [2.45, 2.75) is 51.9 Å². The zero-order chi connectivity index (χ0) is 20.1. The predicted octanol–water partition coefficient (Wildman–Crippen LogP) is 2.57. The molecule has 0 saturated carbocycles. The van der Waals surface area contributed by atoms with Crippen LogP contribution >= 0.6 is 7.82 Å². The number of hydrogen-bond acceptors (Lipinski definition) is 9. The second-order valence-electron chi connectivity index (χ2n) is 4.74. The van der Waals surface area contributed by atoms with Crippen molar-refractivity contribution >= 4 is 7.82 Å². The van der Waals surface area contributed by atoms with Crippen molar-refractivity contribution in [3.63, 3.8) is 0 Å². The molecule has 12 nitrogen and oxygen atoms in total. The Bertz CT molecular complexity index is 340. The molecular weight excluding hydrogens is 379 g/mol. The van der Waals surface area contributed by atoms with Crippen LogP contribution in [0.15, 0.2) is 12.3 Å². The summed E-state index contributed by atoms with van der Waals surface area (Å²) in [5.74, 6) is 0.306. The van der Waals surface area contributed by atoms with Crippen LogP contribution in [0.5, 0.6) is 0 Å². The molecule has 0 unspecified atom stereocenters. The van der Waals surface area contributed by atoms with Crippen LogP contribution in [0, 0.1) is 0 Å². The maximum Gasteiger partial charge on any atom is 0.466 e. The Labute approximate surface area is 152 Å². The minimum atomic E-state index is -4.64. The molecule has 0 saturated heterocycles. The quantitative estimate of drug-likeness (QED) is 0.107. The van der Waals surface area contributed by atoms with E-state index in [1.807, 2.05) is 0 Å². The summed E-state index contributed by atoms with van der Waals surface area (Å²) in [6, 6.07) is 0. The van der Waals surface area contributed by atoms with Gasteiger partial charge in [-0.15, -0.1) is 0 Å². The molecule has 0 aromatic heterocycles. The van der Waals surface area contributed by atoms with E-state index in [0.29, 0.717) is 18.8 Å². The number of hydrogen-bond donors (Lipinski definition) is 3. The summed E-state index contributed by atoms with van der Waals surface area (Å²) in [7, 11) is -3.33. The minimum absolute atomic E-state index is 0.132. The second-order valence-corrected chi connectivity index (χ2v) is 5.76. The highest BCUT2D eigenvalue weighted by Gasteiger charge is 2.00. The summed E-state index contributed by atoms with van der Waals surface area (Å²) in [5, 5.41) is 16.9. The molecule has 0 aromatic rings. The Morgan fingerprint density at radius 2 is 1.42 bits per heavy atom. The highest BCUT2D eigenvalue weighted by molar-refractivity contribution is 7.45. The van der Waals surface area contributed by atoms with Crippen LogP contribution in [-0.4, -0.2) is 35.0 Å². The number of phosphoric acid groups is 1. The van der Waals surface area contributed by atoms with E-state index >= 15 is 0 Å². The molecule has 0 aliphatic carbocycles. The Balaban J connectivity index is 0. The van der Waals surface area contributed by atoms with E-state index < -0.39 is 7.82 Å². The molecular formula is C13H29O12P. The third-order valence-electron chi connectivity index (χ3n) is 2.42. The third-order valence-corrected chi connectivity index (χ3v) is 2.42. The third kappa shape index (κ3) is 34.7. The van der Waals surface area contributed by atoms with Crippen LogP contribution in [0.2, 0.25) is 0 Å². The van der Waals surface area contributed by atoms with E-state index in [4.69, 9.17) is 24.1 Å². The van der Waals surface area contributed by atoms with E-state index in [-0.39, 0.29) is 6.61 Å². The van der Waals surface area contributed by atoms with Crippen molar-refractivity contribution in [2.75, 3.05) is 20.3 Å². The fraction of sp³-hybridized carbons (Fsp3) is 0.846. The van der Waals surface area contributed by atoms with E-state index in [0.717, 1.165) is 12.8 Å². The molecule has 13 heteroatoms. The van der Waals surface area contributed by atoms with Crippen molar-refractivity contribution in [3.05, 3.63) is 12.3 Å². The van der Waals surface area contributed by atoms with Crippen molar-refractivity contribution in [3.8, 4) is 0 Å². The first-order valence-electron chi connectivity index (χ1n) is 7.89. The topological polar surface area (TPSA) is 152 Å². The van der Waals surface area contributed by atoms with Crippen LogP contribution in [0.1, 0.15) is 51.9 Å². The monoisotopic (exact) mass is 408 g/mol. The summed E-state index contributed by atoms with van der Waals surface area (Å²) < 4.78 is 8.88. The summed E-state index contributed by atoms with van der Waals surface area (Å²) >= 11 is 0. The standard InChI is InChI=1S/C13H26O8.H3O4P/c1-4-5-6-7-8-9-11-15-19-21-20-16-12-10-13(2)17-18-14-3;1-5(2,3)4/h2,4-12H2,1,3H3;(H3,1,2,3,4). The summed E-state index contributed by atoms with van der Waals surface area (Å²) in [6.45, 7) is 6.28. The maximum absolute atomic E-state index is 8.88. The molecule has 0 atom stereocenters. The van der Waals surface area contributed by atoms with Crippen LogP contribution < -0.4 is 0 Å². The largest absolute Gasteiger partial charge is 0.466 e. The molecule has 0 aliphatic rings. The Morgan fingerprint density at radius 1 is 0.885 bits per heavy atom. The smallest absolute Gasteiger partial charge is 0.313 e. The van der Waals surface area contributed by atoms with Gasteiger partial charge in [0.25, 0.3) is 0 Å². The van der Waals surface area contributed by atoms with Crippen molar-refractivity contribution in [1.29, 1.82) is 0 Å². The van der Waals surface area contributed by atoms with Gasteiger partial charge < -0.3 is 19.6 Å². The van der Waals surface area contributed by atoms with Crippen LogP contribution in [0.25, 0.3) is 0 Å². The molecule has 0 spiro atoms. The average molecular weight is 408 g/mol. The van der Waals surface area contributed by atoms with Gasteiger partial charge in [-0.25, -0.2) is 14.3 Å². The number of unbranched alkanes of at least 4 members (excludes halogenated alkanes) is 5. The molecule has 3 N–H and O–H groups in total. The van der Waals surface area contributed by atoms with E-state index in [9.17, 15) is 0 Å². The molecule has 0 rings (SSSR count). The molecule has 158 valence electrons. The molecule has 0 aliphatic heterocycles. The van der Waals surface area contributed by atoms with Gasteiger partial charge in [-0.05, 0) is 26.6 Å². The minimum Gasteiger partial charge on any atom is -0.313 e. The van der Waals surface area contributed by atoms with Crippen molar-refractivity contribution in [1.82, 2.24) is 0 Å². The van der Waals surface area contributed by atoms with Gasteiger partial charge in [-0.3, -0.25) is 0 Å². The average Bonchev–Trinajstić information content (AvgIpc) is 2.55. The highest BCUT2D eigenvalue weighted by Crippen LogP contribution is 2.25. The molecule has 0 bridgehead atoms. The van der Waals surface area contributed by atoms with Gasteiger partial charge in [0.1, 0.15) is 5.76 Å². The van der Waals surface area contributed by atoms with Crippen LogP contribution in [-0.2, 0) is 44.3 Å². The lowest BCUT2D eigenvalue weighted by atomic mass is 10.1. The molecule has 0 fully saturated rings. The normalized spacial score (nSPS) is 11.0. The van der Waals surface area contributed by atoms with Gasteiger partial charge in [0.05, 0.1) is 20.3 Å². The zero-order valence-corrected chi connectivity index (χ0v) is 15.9. The first-order chi connectivity index (χ1) is 12.3. The lowest BCUT2D eigenvalue weighted by Gasteiger charge is -2.04. The Hall–Kier alpha value is -0.630. The van der Waals surface area contributed by atoms with Gasteiger partial charge in [-0.2, -0.15) is 4.89 Å². The Morgan fingerprint density at radius 3 is 2.00 bits per heavy atom. The lowest BCUT2D eigenvalue weighted by Crippen LogP contribution is -2.03. The molecule has 26 heavy (non-hydrogen) atoms. The maximum atomic E-state index is 8.88. The zero-order valence-electron chi connectivity index (χ0n) is 15.0. The first kappa shape index (κ1) is 27.6. The van der Waals surface area contributed by atoms with Crippen LogP contribution in [0.4, 0.5) is 0 Å². The SMILES string of the molecule is C=C(CCOOOOOCCCCCCCC)OOOC.O=P(O)(O)O. The molecule has 0 radical (unpaired) electrons. The molecule has 0 aromatic carbocycles. The second kappa shape index (κ2) is 20.7. The van der Waals surface area contributed by atoms with Gasteiger partial charge in [0.2, 0.25) is 0 Å². The van der Waals surface area contributed by atoms with Gasteiger partial charge >= 0.3 is 7.82 Å².